The molecule has 0 radical (unpaired) electrons. The quantitative estimate of drug-likeness (QED) is 0.622. The van der Waals surface area contributed by atoms with Gasteiger partial charge in [0.15, 0.2) is 0 Å². The molecule has 0 unspecified atom stereocenters. The van der Waals surface area contributed by atoms with Crippen molar-refractivity contribution in [3.8, 4) is 11.3 Å². The molecule has 3 aromatic rings. The lowest BCUT2D eigenvalue weighted by atomic mass is 10.1. The molecule has 0 aliphatic heterocycles. The largest absolute Gasteiger partial charge is 0.255 e. The number of fused-ring (bicyclic) bond motifs is 1. The molecule has 2 aromatic carbocycles. The van der Waals surface area contributed by atoms with Crippen LogP contribution in [0, 0.1) is 11.6 Å². The van der Waals surface area contributed by atoms with Crippen molar-refractivity contribution in [3.05, 3.63) is 66.4 Å². The number of nitrogens with zero attached hydrogens (tertiary/aromatic N) is 1. The molecule has 0 atom stereocenters. The third-order valence-electron chi connectivity index (χ3n) is 2.84. The van der Waals surface area contributed by atoms with Crippen molar-refractivity contribution < 1.29 is 8.78 Å². The van der Waals surface area contributed by atoms with Crippen LogP contribution in [-0.2, 0) is 0 Å². The Bertz CT molecular complexity index is 723. The lowest BCUT2D eigenvalue weighted by Crippen LogP contribution is -1.89. The number of aromatic nitrogens is 1. The molecule has 1 aromatic heterocycles. The van der Waals surface area contributed by atoms with E-state index in [1.807, 2.05) is 24.3 Å². The minimum absolute atomic E-state index is 0.308. The summed E-state index contributed by atoms with van der Waals surface area (Å²) in [5.74, 6) is -1.19. The molecule has 0 fully saturated rings. The summed E-state index contributed by atoms with van der Waals surface area (Å²) < 4.78 is 26.5. The zero-order valence-corrected chi connectivity index (χ0v) is 9.40. The van der Waals surface area contributed by atoms with Gasteiger partial charge in [-0.1, -0.05) is 24.3 Å². The van der Waals surface area contributed by atoms with Crippen LogP contribution < -0.4 is 0 Å². The summed E-state index contributed by atoms with van der Waals surface area (Å²) >= 11 is 0. The molecule has 0 N–H and O–H groups in total. The number of hydrogen-bond donors (Lipinski definition) is 0. The fourth-order valence-electron chi connectivity index (χ4n) is 1.93. The number of pyridine rings is 1. The molecule has 18 heavy (non-hydrogen) atoms. The monoisotopic (exact) mass is 241 g/mol. The second kappa shape index (κ2) is 4.18. The summed E-state index contributed by atoms with van der Waals surface area (Å²) in [6.45, 7) is 0. The molecule has 0 aliphatic rings. The van der Waals surface area contributed by atoms with Gasteiger partial charge in [-0.3, -0.25) is 4.98 Å². The normalized spacial score (nSPS) is 10.8. The van der Waals surface area contributed by atoms with Crippen molar-refractivity contribution in [2.24, 2.45) is 0 Å². The fraction of sp³-hybridized carbons (Fsp3) is 0. The van der Waals surface area contributed by atoms with Crippen molar-refractivity contribution in [3.63, 3.8) is 0 Å². The van der Waals surface area contributed by atoms with E-state index in [0.717, 1.165) is 16.8 Å². The second-order valence-corrected chi connectivity index (χ2v) is 4.04. The van der Waals surface area contributed by atoms with Gasteiger partial charge in [0.25, 0.3) is 0 Å². The first kappa shape index (κ1) is 10.8. The standard InChI is InChI=1S/C15H9F2N/c16-12-5-6-13(14(17)8-12)15-7-10-3-1-2-4-11(10)9-18-15/h1-9H. The van der Waals surface area contributed by atoms with Crippen LogP contribution in [-0.4, -0.2) is 4.98 Å². The summed E-state index contributed by atoms with van der Waals surface area (Å²) in [5, 5.41) is 1.97. The van der Waals surface area contributed by atoms with Gasteiger partial charge in [0.05, 0.1) is 5.69 Å². The highest BCUT2D eigenvalue weighted by Crippen LogP contribution is 2.24. The molecule has 88 valence electrons. The first-order valence-corrected chi connectivity index (χ1v) is 5.54. The van der Waals surface area contributed by atoms with Crippen LogP contribution in [0.3, 0.4) is 0 Å². The van der Waals surface area contributed by atoms with Gasteiger partial charge in [-0.05, 0) is 23.6 Å². The molecule has 0 amide bonds. The summed E-state index contributed by atoms with van der Waals surface area (Å²) in [5.41, 5.74) is 0.813. The van der Waals surface area contributed by atoms with Gasteiger partial charge < -0.3 is 0 Å². The maximum absolute atomic E-state index is 13.7. The van der Waals surface area contributed by atoms with Crippen LogP contribution in [0.5, 0.6) is 0 Å². The fourth-order valence-corrected chi connectivity index (χ4v) is 1.93. The third kappa shape index (κ3) is 1.84. The summed E-state index contributed by atoms with van der Waals surface area (Å²) in [6, 6.07) is 13.0. The Balaban J connectivity index is 2.19. The van der Waals surface area contributed by atoms with Crippen molar-refractivity contribution in [1.82, 2.24) is 4.98 Å². The smallest absolute Gasteiger partial charge is 0.135 e. The Morgan fingerprint density at radius 1 is 0.833 bits per heavy atom. The van der Waals surface area contributed by atoms with Crippen molar-refractivity contribution in [2.75, 3.05) is 0 Å². The SMILES string of the molecule is Fc1ccc(-c2cc3ccccc3cn2)c(F)c1. The average Bonchev–Trinajstić information content (AvgIpc) is 2.38. The van der Waals surface area contributed by atoms with E-state index >= 15 is 0 Å². The van der Waals surface area contributed by atoms with Gasteiger partial charge in [0.1, 0.15) is 11.6 Å². The second-order valence-electron chi connectivity index (χ2n) is 4.04. The van der Waals surface area contributed by atoms with Crippen molar-refractivity contribution in [2.45, 2.75) is 0 Å². The van der Waals surface area contributed by atoms with E-state index in [4.69, 9.17) is 0 Å². The van der Waals surface area contributed by atoms with E-state index < -0.39 is 11.6 Å². The zero-order chi connectivity index (χ0) is 12.5. The minimum Gasteiger partial charge on any atom is -0.255 e. The van der Waals surface area contributed by atoms with Crippen LogP contribution in [0.25, 0.3) is 22.0 Å². The highest BCUT2D eigenvalue weighted by atomic mass is 19.1. The Labute approximate surface area is 103 Å². The molecular weight excluding hydrogens is 232 g/mol. The molecule has 3 heteroatoms. The lowest BCUT2D eigenvalue weighted by Gasteiger charge is -2.04. The summed E-state index contributed by atoms with van der Waals surface area (Å²) in [7, 11) is 0. The molecule has 1 heterocycles. The predicted molar refractivity (Wildman–Crippen MR) is 67.1 cm³/mol. The lowest BCUT2D eigenvalue weighted by molar-refractivity contribution is 0.585. The van der Waals surface area contributed by atoms with Crippen LogP contribution >= 0.6 is 0 Å². The number of hydrogen-bond acceptors (Lipinski definition) is 1. The average molecular weight is 241 g/mol. The Morgan fingerprint density at radius 2 is 1.61 bits per heavy atom. The van der Waals surface area contributed by atoms with E-state index in [-0.39, 0.29) is 0 Å². The van der Waals surface area contributed by atoms with E-state index in [9.17, 15) is 8.78 Å². The van der Waals surface area contributed by atoms with Crippen LogP contribution in [0.4, 0.5) is 8.78 Å². The van der Waals surface area contributed by atoms with Crippen LogP contribution in [0.2, 0.25) is 0 Å². The summed E-state index contributed by atoms with van der Waals surface area (Å²) in [4.78, 5) is 4.21. The van der Waals surface area contributed by atoms with Gasteiger partial charge in [0, 0.05) is 23.2 Å². The molecule has 1 nitrogen and oxygen atoms in total. The van der Waals surface area contributed by atoms with Crippen molar-refractivity contribution in [1.29, 1.82) is 0 Å². The van der Waals surface area contributed by atoms with E-state index in [1.165, 1.54) is 12.1 Å². The molecule has 0 saturated carbocycles. The third-order valence-corrected chi connectivity index (χ3v) is 2.84. The molecular formula is C15H9F2N. The number of rotatable bonds is 1. The Morgan fingerprint density at radius 3 is 2.39 bits per heavy atom. The van der Waals surface area contributed by atoms with E-state index in [2.05, 4.69) is 4.98 Å². The summed E-state index contributed by atoms with van der Waals surface area (Å²) in [6.07, 6.45) is 1.69. The highest BCUT2D eigenvalue weighted by molar-refractivity contribution is 5.85. The van der Waals surface area contributed by atoms with Gasteiger partial charge in [-0.15, -0.1) is 0 Å². The highest BCUT2D eigenvalue weighted by Gasteiger charge is 2.08. The van der Waals surface area contributed by atoms with Gasteiger partial charge in [0.2, 0.25) is 0 Å². The Hall–Kier alpha value is -2.29. The first-order valence-electron chi connectivity index (χ1n) is 5.54. The zero-order valence-electron chi connectivity index (χ0n) is 9.40. The van der Waals surface area contributed by atoms with E-state index in [0.29, 0.717) is 11.3 Å². The van der Waals surface area contributed by atoms with Gasteiger partial charge >= 0.3 is 0 Å². The maximum atomic E-state index is 13.7. The minimum atomic E-state index is -0.599. The van der Waals surface area contributed by atoms with E-state index in [1.54, 1.807) is 12.3 Å². The van der Waals surface area contributed by atoms with Gasteiger partial charge in [-0.25, -0.2) is 8.78 Å². The molecule has 0 spiro atoms. The first-order chi connectivity index (χ1) is 8.74. The molecule has 0 aliphatic carbocycles. The topological polar surface area (TPSA) is 12.9 Å². The van der Waals surface area contributed by atoms with Crippen LogP contribution in [0.1, 0.15) is 0 Å². The molecule has 0 bridgehead atoms. The van der Waals surface area contributed by atoms with Crippen LogP contribution in [0.15, 0.2) is 54.7 Å². The van der Waals surface area contributed by atoms with Gasteiger partial charge in [-0.2, -0.15) is 0 Å². The molecule has 3 rings (SSSR count). The number of halogens is 2. The number of benzene rings is 2. The Kier molecular flexibility index (Phi) is 2.52. The predicted octanol–water partition coefficient (Wildman–Crippen LogP) is 4.18. The van der Waals surface area contributed by atoms with Crippen molar-refractivity contribution >= 4 is 10.8 Å². The molecule has 0 saturated heterocycles. The maximum Gasteiger partial charge on any atom is 0.135 e.